The largest absolute Gasteiger partial charge is 0.507 e. The van der Waals surface area contributed by atoms with Crippen molar-refractivity contribution in [3.8, 4) is 34.1 Å². The molecule has 2 aliphatic rings. The van der Waals surface area contributed by atoms with Crippen LogP contribution in [0.4, 0.5) is 10.2 Å². The second kappa shape index (κ2) is 11.1. The highest BCUT2D eigenvalue weighted by molar-refractivity contribution is 6.37. The predicted molar refractivity (Wildman–Crippen MR) is 170 cm³/mol. The average molecular weight is 634 g/mol. The lowest BCUT2D eigenvalue weighted by Gasteiger charge is -2.49. The lowest BCUT2D eigenvalue weighted by molar-refractivity contribution is -0.129. The fourth-order valence-electron chi connectivity index (χ4n) is 6.58. The van der Waals surface area contributed by atoms with E-state index in [2.05, 4.69) is 16.5 Å². The van der Waals surface area contributed by atoms with Gasteiger partial charge < -0.3 is 24.7 Å². The Morgan fingerprint density at radius 1 is 1.18 bits per heavy atom. The summed E-state index contributed by atoms with van der Waals surface area (Å²) in [6.07, 6.45) is 2.88. The Balaban J connectivity index is 1.79. The molecule has 4 heterocycles. The van der Waals surface area contributed by atoms with Gasteiger partial charge in [0, 0.05) is 30.4 Å². The Labute approximate surface area is 264 Å². The molecular formula is C33H33ClFN5O5. The molecule has 1 saturated heterocycles. The molecule has 4 aromatic rings. The first-order valence-corrected chi connectivity index (χ1v) is 15.1. The Kier molecular flexibility index (Phi) is 7.47. The minimum atomic E-state index is -0.961. The van der Waals surface area contributed by atoms with E-state index in [0.29, 0.717) is 16.9 Å². The Bertz CT molecular complexity index is 1940. The summed E-state index contributed by atoms with van der Waals surface area (Å²) in [5, 5.41) is 21.6. The van der Waals surface area contributed by atoms with Gasteiger partial charge in [0.1, 0.15) is 29.4 Å². The number of amides is 1. The number of hydrogen-bond donors (Lipinski definition) is 2. The van der Waals surface area contributed by atoms with Crippen molar-refractivity contribution in [2.24, 2.45) is 0 Å². The molecule has 3 atom stereocenters. The van der Waals surface area contributed by atoms with Gasteiger partial charge in [0.05, 0.1) is 33.4 Å². The summed E-state index contributed by atoms with van der Waals surface area (Å²) < 4.78 is 24.9. The van der Waals surface area contributed by atoms with Crippen molar-refractivity contribution in [3.05, 3.63) is 75.7 Å². The van der Waals surface area contributed by atoms with Crippen molar-refractivity contribution in [2.45, 2.75) is 58.7 Å². The van der Waals surface area contributed by atoms with Crippen LogP contribution in [0.2, 0.25) is 5.02 Å². The number of anilines is 1. The number of aromatic nitrogens is 3. The van der Waals surface area contributed by atoms with E-state index in [4.69, 9.17) is 16.3 Å². The number of carbonyl (C=O) groups is 1. The van der Waals surface area contributed by atoms with Crippen LogP contribution >= 0.6 is 11.6 Å². The number of nitrogens with zero attached hydrogens (tertiary/aromatic N) is 5. The van der Waals surface area contributed by atoms with Crippen LogP contribution in [0.15, 0.2) is 47.9 Å². The van der Waals surface area contributed by atoms with Gasteiger partial charge in [-0.25, -0.2) is 9.18 Å². The van der Waals surface area contributed by atoms with Gasteiger partial charge in [-0.05, 0) is 56.5 Å². The molecule has 234 valence electrons. The number of aryl methyl sites for hydroxylation is 1. The van der Waals surface area contributed by atoms with Crippen molar-refractivity contribution in [2.75, 3.05) is 18.1 Å². The maximum atomic E-state index is 17.4. The number of piperazine rings is 1. The van der Waals surface area contributed by atoms with Crippen molar-refractivity contribution in [1.82, 2.24) is 19.4 Å². The molecule has 6 rings (SSSR count). The lowest BCUT2D eigenvalue weighted by atomic mass is 9.97. The van der Waals surface area contributed by atoms with Crippen molar-refractivity contribution in [3.63, 3.8) is 0 Å². The number of pyridine rings is 1. The third-order valence-electron chi connectivity index (χ3n) is 8.90. The first-order valence-electron chi connectivity index (χ1n) is 14.7. The molecule has 0 bridgehead atoms. The van der Waals surface area contributed by atoms with Gasteiger partial charge in [0.2, 0.25) is 5.91 Å². The van der Waals surface area contributed by atoms with Crippen LogP contribution in [0.1, 0.15) is 44.9 Å². The molecule has 12 heteroatoms. The Morgan fingerprint density at radius 3 is 2.51 bits per heavy atom. The summed E-state index contributed by atoms with van der Waals surface area (Å²) in [5.41, 5.74) is 0.0187. The molecule has 0 aliphatic carbocycles. The quantitative estimate of drug-likeness (QED) is 0.285. The normalized spacial score (nSPS) is 19.3. The first kappa shape index (κ1) is 30.4. The van der Waals surface area contributed by atoms with Crippen LogP contribution in [0.5, 0.6) is 17.2 Å². The monoisotopic (exact) mass is 633 g/mol. The molecular weight excluding hydrogens is 601 g/mol. The fraction of sp³-hybridized carbons (Fsp3) is 0.333. The van der Waals surface area contributed by atoms with E-state index in [-0.39, 0.29) is 75.7 Å². The smallest absolute Gasteiger partial charge is 0.354 e. The molecule has 2 aromatic carbocycles. The van der Waals surface area contributed by atoms with Crippen LogP contribution in [0.3, 0.4) is 0 Å². The molecule has 0 saturated carbocycles. The number of benzene rings is 2. The summed E-state index contributed by atoms with van der Waals surface area (Å²) in [7, 11) is 0. The third-order valence-corrected chi connectivity index (χ3v) is 9.26. The van der Waals surface area contributed by atoms with Gasteiger partial charge in [-0.15, -0.1) is 0 Å². The van der Waals surface area contributed by atoms with E-state index in [0.717, 1.165) is 0 Å². The second-order valence-electron chi connectivity index (χ2n) is 11.8. The summed E-state index contributed by atoms with van der Waals surface area (Å²) in [6, 6.07) is 4.56. The number of carbonyl (C=O) groups excluding carboxylic acids is 1. The molecule has 2 N–H and O–H groups in total. The highest BCUT2D eigenvalue weighted by Crippen LogP contribution is 2.52. The van der Waals surface area contributed by atoms with Gasteiger partial charge in [-0.3, -0.25) is 14.3 Å². The van der Waals surface area contributed by atoms with Crippen LogP contribution in [-0.4, -0.2) is 66.8 Å². The number of fused-ring (bicyclic) bond motifs is 2. The molecule has 2 aromatic heterocycles. The van der Waals surface area contributed by atoms with Crippen molar-refractivity contribution < 1.29 is 24.1 Å². The van der Waals surface area contributed by atoms with E-state index < -0.39 is 29.0 Å². The summed E-state index contributed by atoms with van der Waals surface area (Å²) in [4.78, 5) is 39.7. The van der Waals surface area contributed by atoms with Crippen LogP contribution < -0.4 is 15.3 Å². The molecule has 0 radical (unpaired) electrons. The third kappa shape index (κ3) is 4.51. The van der Waals surface area contributed by atoms with Crippen molar-refractivity contribution >= 4 is 34.2 Å². The van der Waals surface area contributed by atoms with Gasteiger partial charge in [-0.2, -0.15) is 4.98 Å². The fourth-order valence-corrected chi connectivity index (χ4v) is 6.90. The predicted octanol–water partition coefficient (Wildman–Crippen LogP) is 5.46. The number of aromatic hydroxyl groups is 2. The standard InChI is InChI=1S/C33H33ClFN5O5/c1-7-22(43)38-13-19-14-45-31-25-30(27(35)24(26(31)34)23-20(41)9-8-10-21(23)42)40(29-16(4)11-12-36-28(29)15(2)3)33(44)37-32(25)39(19)18(6)17(38)5/h7-12,15,17-19,41-42H,1,13-14H2,2-6H3. The first-order chi connectivity index (χ1) is 21.4. The zero-order chi connectivity index (χ0) is 32.5. The highest BCUT2D eigenvalue weighted by atomic mass is 35.5. The SMILES string of the molecule is C=CC(=O)N1CC2COc3c(Cl)c(-c4c(O)cccc4O)c(F)c4c3c(nc(=O)n4-c3c(C)ccnc3C(C)C)N2C(C)C1C. The number of rotatable bonds is 4. The number of hydrogen-bond acceptors (Lipinski definition) is 8. The van der Waals surface area contributed by atoms with E-state index in [9.17, 15) is 19.8 Å². The van der Waals surface area contributed by atoms with Gasteiger partial charge in [0.15, 0.2) is 11.6 Å². The Morgan fingerprint density at radius 2 is 1.87 bits per heavy atom. The summed E-state index contributed by atoms with van der Waals surface area (Å²) in [5.74, 6) is -2.00. The molecule has 45 heavy (non-hydrogen) atoms. The zero-order valence-corrected chi connectivity index (χ0v) is 26.3. The Hall–Kier alpha value is -4.64. The average Bonchev–Trinajstić information content (AvgIpc) is 3.15. The molecule has 1 amide bonds. The number of ether oxygens (including phenoxy) is 1. The van der Waals surface area contributed by atoms with Crippen molar-refractivity contribution in [1.29, 1.82) is 0 Å². The topological polar surface area (TPSA) is 121 Å². The zero-order valence-electron chi connectivity index (χ0n) is 25.5. The number of phenolic OH excluding ortho intramolecular Hbond substituents is 2. The van der Waals surface area contributed by atoms with E-state index >= 15 is 4.39 Å². The molecule has 3 unspecified atom stereocenters. The number of phenols is 2. The number of halogens is 2. The summed E-state index contributed by atoms with van der Waals surface area (Å²) in [6.45, 7) is 13.3. The van der Waals surface area contributed by atoms with E-state index in [1.807, 2.05) is 32.6 Å². The van der Waals surface area contributed by atoms with Gasteiger partial charge >= 0.3 is 5.69 Å². The maximum Gasteiger partial charge on any atom is 0.354 e. The van der Waals surface area contributed by atoms with E-state index in [1.54, 1.807) is 24.1 Å². The van der Waals surface area contributed by atoms with Crippen LogP contribution in [0.25, 0.3) is 27.7 Å². The summed E-state index contributed by atoms with van der Waals surface area (Å²) >= 11 is 6.95. The van der Waals surface area contributed by atoms with Crippen LogP contribution in [-0.2, 0) is 4.79 Å². The molecule has 2 aliphatic heterocycles. The lowest BCUT2D eigenvalue weighted by Crippen LogP contribution is -2.65. The second-order valence-corrected chi connectivity index (χ2v) is 12.2. The minimum absolute atomic E-state index is 0.0122. The molecule has 1 fully saturated rings. The van der Waals surface area contributed by atoms with Gasteiger partial charge in [-0.1, -0.05) is 38.1 Å². The van der Waals surface area contributed by atoms with E-state index in [1.165, 1.54) is 28.8 Å². The molecule has 10 nitrogen and oxygen atoms in total. The highest BCUT2D eigenvalue weighted by Gasteiger charge is 2.44. The van der Waals surface area contributed by atoms with Gasteiger partial charge in [0.25, 0.3) is 0 Å². The molecule has 0 spiro atoms. The minimum Gasteiger partial charge on any atom is -0.507 e. The van der Waals surface area contributed by atoms with Crippen LogP contribution in [0, 0.1) is 12.7 Å². The maximum absolute atomic E-state index is 17.4.